The van der Waals surface area contributed by atoms with Gasteiger partial charge in [-0.25, -0.2) is 8.42 Å². The molecule has 1 atom stereocenters. The molecule has 2 saturated heterocycles. The van der Waals surface area contributed by atoms with Gasteiger partial charge in [-0.05, 0) is 31.0 Å². The molecule has 9 heteroatoms. The van der Waals surface area contributed by atoms with E-state index in [0.717, 1.165) is 6.42 Å². The summed E-state index contributed by atoms with van der Waals surface area (Å²) in [6.45, 7) is 1.91. The maximum atomic E-state index is 12.7. The first-order valence-electron chi connectivity index (χ1n) is 7.78. The van der Waals surface area contributed by atoms with Crippen LogP contribution in [0.1, 0.15) is 12.8 Å². The lowest BCUT2D eigenvalue weighted by Gasteiger charge is -2.26. The quantitative estimate of drug-likeness (QED) is 0.862. The average molecular weight is 375 g/mol. The van der Waals surface area contributed by atoms with Crippen LogP contribution in [0.2, 0.25) is 5.02 Å². The fourth-order valence-electron chi connectivity index (χ4n) is 2.69. The summed E-state index contributed by atoms with van der Waals surface area (Å²) in [6.07, 6.45) is 0.965. The van der Waals surface area contributed by atoms with E-state index >= 15 is 0 Å². The van der Waals surface area contributed by atoms with Crippen LogP contribution in [0.5, 0.6) is 0 Å². The molecule has 1 amide bonds. The van der Waals surface area contributed by atoms with Crippen LogP contribution in [-0.2, 0) is 24.3 Å². The Morgan fingerprint density at radius 3 is 2.67 bits per heavy atom. The third-order valence-electron chi connectivity index (χ3n) is 4.03. The number of carbonyl (C=O) groups excluding carboxylic acids is 1. The number of sulfonamides is 1. The summed E-state index contributed by atoms with van der Waals surface area (Å²) in [5.74, 6) is -0.310. The lowest BCUT2D eigenvalue weighted by molar-refractivity contribution is -0.124. The summed E-state index contributed by atoms with van der Waals surface area (Å²) in [7, 11) is -3.64. The number of benzene rings is 1. The fourth-order valence-corrected chi connectivity index (χ4v) is 4.29. The van der Waals surface area contributed by atoms with Crippen molar-refractivity contribution >= 4 is 33.2 Å². The van der Waals surface area contributed by atoms with Crippen LogP contribution in [0, 0.1) is 0 Å². The molecule has 1 aromatic carbocycles. The number of amides is 1. The van der Waals surface area contributed by atoms with Gasteiger partial charge >= 0.3 is 0 Å². The predicted molar refractivity (Wildman–Crippen MR) is 88.6 cm³/mol. The molecule has 0 aliphatic carbocycles. The molecule has 24 heavy (non-hydrogen) atoms. The average Bonchev–Trinajstić information content (AvgIpc) is 3.12. The van der Waals surface area contributed by atoms with Gasteiger partial charge in [0.2, 0.25) is 10.0 Å². The minimum Gasteiger partial charge on any atom is -0.379 e. The van der Waals surface area contributed by atoms with Gasteiger partial charge in [-0.1, -0.05) is 11.6 Å². The minimum absolute atomic E-state index is 0.0939. The number of halogens is 1. The molecule has 0 bridgehead atoms. The molecule has 7 nitrogen and oxygen atoms in total. The van der Waals surface area contributed by atoms with Crippen LogP contribution in [0.15, 0.2) is 23.1 Å². The second kappa shape index (κ2) is 7.37. The molecule has 3 rings (SSSR count). The standard InChI is InChI=1S/C15H19ClN2O5S/c16-12-4-3-11(24(20,21)18-5-8-22-9-6-18)10-13(12)17-15(19)14-2-1-7-23-14/h3-4,10,14H,1-2,5-9H2,(H,17,19). The summed E-state index contributed by atoms with van der Waals surface area (Å²) < 4.78 is 37.2. The minimum atomic E-state index is -3.64. The molecule has 0 radical (unpaired) electrons. The Morgan fingerprint density at radius 2 is 2.00 bits per heavy atom. The zero-order valence-electron chi connectivity index (χ0n) is 13.0. The lowest BCUT2D eigenvalue weighted by atomic mass is 10.2. The molecule has 1 N–H and O–H groups in total. The second-order valence-corrected chi connectivity index (χ2v) is 7.99. The zero-order valence-corrected chi connectivity index (χ0v) is 14.6. The lowest BCUT2D eigenvalue weighted by Crippen LogP contribution is -2.40. The number of carbonyl (C=O) groups is 1. The maximum absolute atomic E-state index is 12.7. The van der Waals surface area contributed by atoms with Gasteiger partial charge in [0.05, 0.1) is 28.8 Å². The topological polar surface area (TPSA) is 84.9 Å². The van der Waals surface area contributed by atoms with Crippen molar-refractivity contribution in [2.24, 2.45) is 0 Å². The highest BCUT2D eigenvalue weighted by Gasteiger charge is 2.28. The fraction of sp³-hybridized carbons (Fsp3) is 0.533. The Hall–Kier alpha value is -1.19. The second-order valence-electron chi connectivity index (χ2n) is 5.65. The summed E-state index contributed by atoms with van der Waals surface area (Å²) in [6, 6.07) is 4.30. The van der Waals surface area contributed by atoms with E-state index in [1.165, 1.54) is 22.5 Å². The Kier molecular flexibility index (Phi) is 5.41. The van der Waals surface area contributed by atoms with E-state index in [2.05, 4.69) is 5.32 Å². The molecule has 0 spiro atoms. The first kappa shape index (κ1) is 17.6. The first-order valence-corrected chi connectivity index (χ1v) is 9.60. The number of morpholine rings is 1. The molecule has 1 unspecified atom stereocenters. The van der Waals surface area contributed by atoms with E-state index in [9.17, 15) is 13.2 Å². The molecule has 2 fully saturated rings. The van der Waals surface area contributed by atoms with Gasteiger partial charge in [0.25, 0.3) is 5.91 Å². The monoisotopic (exact) mass is 374 g/mol. The van der Waals surface area contributed by atoms with Crippen molar-refractivity contribution in [2.45, 2.75) is 23.8 Å². The van der Waals surface area contributed by atoms with Gasteiger partial charge in [0, 0.05) is 19.7 Å². The Balaban J connectivity index is 1.81. The molecule has 0 aromatic heterocycles. The predicted octanol–water partition coefficient (Wildman–Crippen LogP) is 1.48. The van der Waals surface area contributed by atoms with Crippen LogP contribution in [0.25, 0.3) is 0 Å². The van der Waals surface area contributed by atoms with Crippen molar-refractivity contribution in [2.75, 3.05) is 38.2 Å². The highest BCUT2D eigenvalue weighted by molar-refractivity contribution is 7.89. The van der Waals surface area contributed by atoms with Crippen LogP contribution < -0.4 is 5.32 Å². The summed E-state index contributed by atoms with van der Waals surface area (Å²) >= 11 is 6.10. The summed E-state index contributed by atoms with van der Waals surface area (Å²) in [5.41, 5.74) is 0.270. The van der Waals surface area contributed by atoms with Crippen LogP contribution in [0.4, 0.5) is 5.69 Å². The van der Waals surface area contributed by atoms with Crippen molar-refractivity contribution < 1.29 is 22.7 Å². The van der Waals surface area contributed by atoms with E-state index in [-0.39, 0.29) is 21.5 Å². The van der Waals surface area contributed by atoms with Crippen molar-refractivity contribution in [3.05, 3.63) is 23.2 Å². The molecule has 2 heterocycles. The third kappa shape index (κ3) is 3.73. The number of nitrogens with one attached hydrogen (secondary N) is 1. The highest BCUT2D eigenvalue weighted by atomic mass is 35.5. The van der Waals surface area contributed by atoms with E-state index in [0.29, 0.717) is 39.3 Å². The highest BCUT2D eigenvalue weighted by Crippen LogP contribution is 2.28. The van der Waals surface area contributed by atoms with E-state index in [4.69, 9.17) is 21.1 Å². The Labute approximate surface area is 145 Å². The number of anilines is 1. The molecule has 2 aliphatic rings. The van der Waals surface area contributed by atoms with Crippen LogP contribution in [-0.4, -0.2) is 57.6 Å². The number of nitrogens with zero attached hydrogens (tertiary/aromatic N) is 1. The van der Waals surface area contributed by atoms with Crippen molar-refractivity contribution in [3.8, 4) is 0 Å². The molecule has 132 valence electrons. The van der Waals surface area contributed by atoms with Crippen molar-refractivity contribution in [3.63, 3.8) is 0 Å². The van der Waals surface area contributed by atoms with Gasteiger partial charge in [0.15, 0.2) is 0 Å². The van der Waals surface area contributed by atoms with Crippen LogP contribution >= 0.6 is 11.6 Å². The number of hydrogen-bond donors (Lipinski definition) is 1. The number of ether oxygens (including phenoxy) is 2. The van der Waals surface area contributed by atoms with Crippen molar-refractivity contribution in [1.29, 1.82) is 0 Å². The summed E-state index contributed by atoms with van der Waals surface area (Å²) in [5, 5.41) is 2.94. The first-order chi connectivity index (χ1) is 11.5. The van der Waals surface area contributed by atoms with E-state index in [1.807, 2.05) is 0 Å². The summed E-state index contributed by atoms with van der Waals surface area (Å²) in [4.78, 5) is 12.3. The largest absolute Gasteiger partial charge is 0.379 e. The van der Waals surface area contributed by atoms with E-state index in [1.54, 1.807) is 0 Å². The van der Waals surface area contributed by atoms with Crippen LogP contribution in [0.3, 0.4) is 0 Å². The third-order valence-corrected chi connectivity index (χ3v) is 6.25. The normalized spacial score (nSPS) is 22.5. The van der Waals surface area contributed by atoms with Gasteiger partial charge in [-0.15, -0.1) is 0 Å². The van der Waals surface area contributed by atoms with Gasteiger partial charge in [-0.2, -0.15) is 4.31 Å². The van der Waals surface area contributed by atoms with Gasteiger partial charge in [-0.3, -0.25) is 4.79 Å². The smallest absolute Gasteiger partial charge is 0.253 e. The maximum Gasteiger partial charge on any atom is 0.253 e. The molecular weight excluding hydrogens is 356 g/mol. The van der Waals surface area contributed by atoms with Crippen molar-refractivity contribution in [1.82, 2.24) is 4.31 Å². The Bertz CT molecular complexity index is 713. The van der Waals surface area contributed by atoms with E-state index < -0.39 is 16.1 Å². The SMILES string of the molecule is O=C(Nc1cc(S(=O)(=O)N2CCOCC2)ccc1Cl)C1CCCO1. The molecule has 0 saturated carbocycles. The Morgan fingerprint density at radius 1 is 1.25 bits per heavy atom. The zero-order chi connectivity index (χ0) is 17.2. The van der Waals surface area contributed by atoms with Gasteiger partial charge < -0.3 is 14.8 Å². The molecule has 2 aliphatic heterocycles. The molecule has 1 aromatic rings. The molecular formula is C15H19ClN2O5S. The van der Waals surface area contributed by atoms with Gasteiger partial charge in [0.1, 0.15) is 6.10 Å². The number of rotatable bonds is 4. The number of hydrogen-bond acceptors (Lipinski definition) is 5.